The molecule has 174 valence electrons. The maximum absolute atomic E-state index is 12.8. The zero-order valence-corrected chi connectivity index (χ0v) is 18.5. The molecule has 3 rings (SSSR count). The third-order valence-electron chi connectivity index (χ3n) is 4.86. The number of esters is 1. The Morgan fingerprint density at radius 3 is 2.09 bits per heavy atom. The molecule has 0 aliphatic carbocycles. The Bertz CT molecular complexity index is 1150. The summed E-state index contributed by atoms with van der Waals surface area (Å²) in [7, 11) is 1.41. The van der Waals surface area contributed by atoms with E-state index in [0.717, 1.165) is 5.56 Å². The van der Waals surface area contributed by atoms with Crippen LogP contribution >= 0.6 is 0 Å². The number of imide groups is 1. The van der Waals surface area contributed by atoms with Crippen LogP contribution in [-0.4, -0.2) is 43.4 Å². The minimum Gasteiger partial charge on any atom is -0.496 e. The van der Waals surface area contributed by atoms with Crippen LogP contribution in [0.5, 0.6) is 5.75 Å². The van der Waals surface area contributed by atoms with Gasteiger partial charge in [-0.2, -0.15) is 0 Å². The van der Waals surface area contributed by atoms with E-state index in [9.17, 15) is 19.2 Å². The molecule has 1 atom stereocenters. The molecule has 0 bridgehead atoms. The Kier molecular flexibility index (Phi) is 8.51. The number of ether oxygens (including phenoxy) is 2. The third kappa shape index (κ3) is 6.77. The predicted molar refractivity (Wildman–Crippen MR) is 124 cm³/mol. The van der Waals surface area contributed by atoms with Crippen LogP contribution in [-0.2, 0) is 20.7 Å². The number of carbonyl (C=O) groups excluding carboxylic acids is 4. The molecule has 3 amide bonds. The van der Waals surface area contributed by atoms with Crippen LogP contribution in [0.2, 0.25) is 0 Å². The van der Waals surface area contributed by atoms with Gasteiger partial charge in [0.15, 0.2) is 6.61 Å². The summed E-state index contributed by atoms with van der Waals surface area (Å²) in [5.74, 6) is -2.44. The lowest BCUT2D eigenvalue weighted by molar-refractivity contribution is -0.150. The van der Waals surface area contributed by atoms with E-state index >= 15 is 0 Å². The Morgan fingerprint density at radius 2 is 1.41 bits per heavy atom. The SMILES string of the molecule is COc1ccccc1C(=O)NC(=O)COC(=O)[C@H](Cc1ccccc1)NC(=O)c1ccccc1. The maximum Gasteiger partial charge on any atom is 0.329 e. The smallest absolute Gasteiger partial charge is 0.329 e. The van der Waals surface area contributed by atoms with Crippen molar-refractivity contribution in [1.82, 2.24) is 10.6 Å². The van der Waals surface area contributed by atoms with Crippen molar-refractivity contribution in [1.29, 1.82) is 0 Å². The van der Waals surface area contributed by atoms with Gasteiger partial charge in [0.1, 0.15) is 11.8 Å². The molecule has 8 nitrogen and oxygen atoms in total. The highest BCUT2D eigenvalue weighted by molar-refractivity contribution is 6.06. The molecule has 3 aromatic rings. The van der Waals surface area contributed by atoms with E-state index in [1.54, 1.807) is 48.5 Å². The Balaban J connectivity index is 1.63. The monoisotopic (exact) mass is 460 g/mol. The fourth-order valence-electron chi connectivity index (χ4n) is 3.17. The van der Waals surface area contributed by atoms with E-state index in [-0.39, 0.29) is 12.0 Å². The number of rotatable bonds is 9. The number of methoxy groups -OCH3 is 1. The highest BCUT2D eigenvalue weighted by Gasteiger charge is 2.25. The van der Waals surface area contributed by atoms with Gasteiger partial charge in [-0.15, -0.1) is 0 Å². The summed E-state index contributed by atoms with van der Waals surface area (Å²) >= 11 is 0. The molecule has 0 aliphatic heterocycles. The summed E-state index contributed by atoms with van der Waals surface area (Å²) in [5.41, 5.74) is 1.35. The topological polar surface area (TPSA) is 111 Å². The fourth-order valence-corrected chi connectivity index (χ4v) is 3.17. The molecule has 0 aliphatic rings. The second-order valence-corrected chi connectivity index (χ2v) is 7.27. The van der Waals surface area contributed by atoms with Crippen molar-refractivity contribution in [3.05, 3.63) is 102 Å². The predicted octanol–water partition coefficient (Wildman–Crippen LogP) is 2.54. The van der Waals surface area contributed by atoms with E-state index in [2.05, 4.69) is 10.6 Å². The van der Waals surface area contributed by atoms with Crippen molar-refractivity contribution in [3.63, 3.8) is 0 Å². The van der Waals surface area contributed by atoms with Crippen molar-refractivity contribution in [2.45, 2.75) is 12.5 Å². The van der Waals surface area contributed by atoms with Gasteiger partial charge in [-0.3, -0.25) is 19.7 Å². The first-order chi connectivity index (χ1) is 16.5. The molecule has 0 fully saturated rings. The van der Waals surface area contributed by atoms with Crippen molar-refractivity contribution in [2.24, 2.45) is 0 Å². The van der Waals surface area contributed by atoms with Crippen LogP contribution in [0.4, 0.5) is 0 Å². The molecule has 0 saturated carbocycles. The quantitative estimate of drug-likeness (QED) is 0.475. The van der Waals surface area contributed by atoms with E-state index in [1.165, 1.54) is 13.2 Å². The molecule has 8 heteroatoms. The summed E-state index contributed by atoms with van der Waals surface area (Å²) < 4.78 is 10.2. The van der Waals surface area contributed by atoms with E-state index in [4.69, 9.17) is 9.47 Å². The number of hydrogen-bond acceptors (Lipinski definition) is 6. The normalized spacial score (nSPS) is 11.1. The molecule has 0 saturated heterocycles. The molecule has 0 spiro atoms. The van der Waals surface area contributed by atoms with Crippen molar-refractivity contribution < 1.29 is 28.7 Å². The summed E-state index contributed by atoms with van der Waals surface area (Å²) in [6, 6.07) is 22.9. The number of benzene rings is 3. The van der Waals surface area contributed by atoms with Crippen LogP contribution in [0.1, 0.15) is 26.3 Å². The number of amides is 3. The molecule has 3 aromatic carbocycles. The van der Waals surface area contributed by atoms with Crippen LogP contribution in [0.3, 0.4) is 0 Å². The number of hydrogen-bond donors (Lipinski definition) is 2. The van der Waals surface area contributed by atoms with E-state index in [1.807, 2.05) is 30.3 Å². The van der Waals surface area contributed by atoms with Gasteiger partial charge in [-0.25, -0.2) is 4.79 Å². The second-order valence-electron chi connectivity index (χ2n) is 7.27. The zero-order valence-electron chi connectivity index (χ0n) is 18.5. The largest absolute Gasteiger partial charge is 0.496 e. The third-order valence-corrected chi connectivity index (χ3v) is 4.86. The minimum absolute atomic E-state index is 0.167. The summed E-state index contributed by atoms with van der Waals surface area (Å²) in [5, 5.41) is 4.82. The molecular formula is C26H24N2O6. The first-order valence-electron chi connectivity index (χ1n) is 10.5. The molecule has 34 heavy (non-hydrogen) atoms. The van der Waals surface area contributed by atoms with Crippen LogP contribution in [0.15, 0.2) is 84.9 Å². The van der Waals surface area contributed by atoms with Gasteiger partial charge in [0.2, 0.25) is 0 Å². The summed E-state index contributed by atoms with van der Waals surface area (Å²) in [6.45, 7) is -0.688. The van der Waals surface area contributed by atoms with Crippen molar-refractivity contribution in [3.8, 4) is 5.75 Å². The lowest BCUT2D eigenvalue weighted by Crippen LogP contribution is -2.44. The first-order valence-corrected chi connectivity index (χ1v) is 10.5. The molecule has 0 heterocycles. The van der Waals surface area contributed by atoms with Gasteiger partial charge in [0.25, 0.3) is 17.7 Å². The average molecular weight is 460 g/mol. The number of para-hydroxylation sites is 1. The van der Waals surface area contributed by atoms with Gasteiger partial charge in [-0.1, -0.05) is 60.7 Å². The fraction of sp³-hybridized carbons (Fsp3) is 0.154. The van der Waals surface area contributed by atoms with E-state index < -0.39 is 36.3 Å². The minimum atomic E-state index is -1.03. The van der Waals surface area contributed by atoms with Gasteiger partial charge in [-0.05, 0) is 29.8 Å². The van der Waals surface area contributed by atoms with Gasteiger partial charge in [0, 0.05) is 12.0 Å². The standard InChI is InChI=1S/C26H24N2O6/c1-33-22-15-9-8-14-20(22)25(31)28-23(29)17-34-26(32)21(16-18-10-4-2-5-11-18)27-24(30)19-12-6-3-7-13-19/h2-15,21H,16-17H2,1H3,(H,27,30)(H,28,29,31)/t21-/m0/s1. The first kappa shape index (κ1) is 24.2. The average Bonchev–Trinajstić information content (AvgIpc) is 2.87. The summed E-state index contributed by atoms with van der Waals surface area (Å²) in [4.78, 5) is 49.9. The van der Waals surface area contributed by atoms with Gasteiger partial charge in [0.05, 0.1) is 12.7 Å². The lowest BCUT2D eigenvalue weighted by Gasteiger charge is -2.18. The van der Waals surface area contributed by atoms with Crippen LogP contribution < -0.4 is 15.4 Å². The number of carbonyl (C=O) groups is 4. The van der Waals surface area contributed by atoms with Crippen LogP contribution in [0, 0.1) is 0 Å². The molecule has 2 N–H and O–H groups in total. The Hall–Kier alpha value is -4.46. The zero-order chi connectivity index (χ0) is 24.3. The summed E-state index contributed by atoms with van der Waals surface area (Å²) in [6.07, 6.45) is 0.167. The Labute approximate surface area is 196 Å². The van der Waals surface area contributed by atoms with Crippen LogP contribution in [0.25, 0.3) is 0 Å². The lowest BCUT2D eigenvalue weighted by atomic mass is 10.1. The molecular weight excluding hydrogens is 436 g/mol. The second kappa shape index (κ2) is 12.0. The molecule has 0 unspecified atom stereocenters. The van der Waals surface area contributed by atoms with E-state index in [0.29, 0.717) is 11.3 Å². The number of nitrogens with one attached hydrogen (secondary N) is 2. The van der Waals surface area contributed by atoms with Gasteiger partial charge < -0.3 is 14.8 Å². The Morgan fingerprint density at radius 1 is 0.794 bits per heavy atom. The highest BCUT2D eigenvalue weighted by atomic mass is 16.5. The van der Waals surface area contributed by atoms with Crippen molar-refractivity contribution >= 4 is 23.7 Å². The van der Waals surface area contributed by atoms with Gasteiger partial charge >= 0.3 is 5.97 Å². The maximum atomic E-state index is 12.8. The molecule has 0 aromatic heterocycles. The highest BCUT2D eigenvalue weighted by Crippen LogP contribution is 2.16. The van der Waals surface area contributed by atoms with Crippen molar-refractivity contribution in [2.75, 3.05) is 13.7 Å². The molecule has 0 radical (unpaired) electrons.